The van der Waals surface area contributed by atoms with Crippen LogP contribution in [-0.4, -0.2) is 65.8 Å². The molecule has 0 amide bonds. The van der Waals surface area contributed by atoms with Gasteiger partial charge in [0.15, 0.2) is 0 Å². The van der Waals surface area contributed by atoms with Gasteiger partial charge < -0.3 is 10.2 Å². The molecule has 1 saturated heterocycles. The van der Waals surface area contributed by atoms with E-state index >= 15 is 0 Å². The lowest BCUT2D eigenvalue weighted by atomic mass is 10.0. The van der Waals surface area contributed by atoms with Gasteiger partial charge in [-0.15, -0.1) is 10.2 Å². The molecule has 1 aliphatic heterocycles. The zero-order chi connectivity index (χ0) is 13.0. The first-order chi connectivity index (χ1) is 8.66. The molecule has 1 unspecified atom stereocenters. The van der Waals surface area contributed by atoms with E-state index in [9.17, 15) is 0 Å². The zero-order valence-electron chi connectivity index (χ0n) is 11.5. The van der Waals surface area contributed by atoms with Crippen LogP contribution < -0.4 is 5.32 Å². The second-order valence-corrected chi connectivity index (χ2v) is 6.11. The fourth-order valence-corrected chi connectivity index (χ4v) is 2.84. The molecule has 0 spiro atoms. The summed E-state index contributed by atoms with van der Waals surface area (Å²) in [5.74, 6) is 0.647. The van der Waals surface area contributed by atoms with Crippen molar-refractivity contribution < 1.29 is 0 Å². The smallest absolute Gasteiger partial charge is 0.205 e. The van der Waals surface area contributed by atoms with Crippen LogP contribution in [0.25, 0.3) is 0 Å². The quantitative estimate of drug-likeness (QED) is 0.871. The van der Waals surface area contributed by atoms with Crippen LogP contribution in [0.5, 0.6) is 0 Å². The van der Waals surface area contributed by atoms with Gasteiger partial charge in [-0.25, -0.2) is 0 Å². The van der Waals surface area contributed by atoms with Crippen molar-refractivity contribution in [2.75, 3.05) is 45.1 Å². The lowest BCUT2D eigenvalue weighted by Crippen LogP contribution is -2.52. The molecule has 2 heterocycles. The summed E-state index contributed by atoms with van der Waals surface area (Å²) in [6.45, 7) is 10.2. The molecule has 18 heavy (non-hydrogen) atoms. The van der Waals surface area contributed by atoms with Crippen LogP contribution in [0.2, 0.25) is 0 Å². The normalized spacial score (nSPS) is 20.2. The Kier molecular flexibility index (Phi) is 4.91. The minimum absolute atomic E-state index is 0.572. The van der Waals surface area contributed by atoms with Crippen molar-refractivity contribution in [1.82, 2.24) is 20.0 Å². The van der Waals surface area contributed by atoms with E-state index in [1.54, 1.807) is 16.8 Å². The van der Waals surface area contributed by atoms with Crippen LogP contribution in [0.3, 0.4) is 0 Å². The molecule has 5 nitrogen and oxygen atoms in total. The van der Waals surface area contributed by atoms with Gasteiger partial charge in [-0.3, -0.25) is 4.90 Å². The number of piperazine rings is 1. The van der Waals surface area contributed by atoms with E-state index in [4.69, 9.17) is 0 Å². The fraction of sp³-hybridized carbons (Fsp3) is 0.833. The van der Waals surface area contributed by atoms with Crippen LogP contribution in [-0.2, 0) is 0 Å². The molecule has 1 aromatic rings. The standard InChI is InChI=1S/C12H23N5S/c1-10(2)11(8-13-12-15-14-9-18-12)17-6-4-16(3)5-7-17/h9-11H,4-8H2,1-3H3,(H,13,15). The van der Waals surface area contributed by atoms with Crippen molar-refractivity contribution >= 4 is 16.5 Å². The molecule has 0 aliphatic carbocycles. The Labute approximate surface area is 113 Å². The van der Waals surface area contributed by atoms with Gasteiger partial charge in [0.1, 0.15) is 5.51 Å². The number of likely N-dealkylation sites (N-methyl/N-ethyl adjacent to an activating group) is 1. The number of aromatic nitrogens is 2. The molecule has 1 atom stereocenters. The lowest BCUT2D eigenvalue weighted by Gasteiger charge is -2.39. The van der Waals surface area contributed by atoms with Gasteiger partial charge in [0, 0.05) is 38.8 Å². The topological polar surface area (TPSA) is 44.3 Å². The molecule has 1 aliphatic rings. The Morgan fingerprint density at radius 3 is 2.61 bits per heavy atom. The van der Waals surface area contributed by atoms with Gasteiger partial charge in [-0.2, -0.15) is 0 Å². The average Bonchev–Trinajstić information content (AvgIpc) is 2.84. The summed E-state index contributed by atoms with van der Waals surface area (Å²) in [5.41, 5.74) is 1.77. The van der Waals surface area contributed by atoms with Crippen LogP contribution in [0, 0.1) is 5.92 Å². The maximum Gasteiger partial charge on any atom is 0.205 e. The predicted molar refractivity (Wildman–Crippen MR) is 76.1 cm³/mol. The second kappa shape index (κ2) is 6.45. The molecule has 1 fully saturated rings. The van der Waals surface area contributed by atoms with Gasteiger partial charge in [0.2, 0.25) is 5.13 Å². The SMILES string of the molecule is CC(C)C(CNc1nncs1)N1CCN(C)CC1. The van der Waals surface area contributed by atoms with Gasteiger partial charge >= 0.3 is 0 Å². The largest absolute Gasteiger partial charge is 0.359 e. The Morgan fingerprint density at radius 1 is 1.33 bits per heavy atom. The van der Waals surface area contributed by atoms with Crippen LogP contribution in [0.15, 0.2) is 5.51 Å². The lowest BCUT2D eigenvalue weighted by molar-refractivity contribution is 0.0944. The molecule has 1 N–H and O–H groups in total. The molecule has 1 aromatic heterocycles. The first-order valence-electron chi connectivity index (χ1n) is 6.59. The van der Waals surface area contributed by atoms with Crippen molar-refractivity contribution in [3.8, 4) is 0 Å². The molecule has 102 valence electrons. The third-order valence-electron chi connectivity index (χ3n) is 3.60. The number of anilines is 1. The minimum atomic E-state index is 0.572. The van der Waals surface area contributed by atoms with E-state index in [1.165, 1.54) is 13.1 Å². The van der Waals surface area contributed by atoms with Crippen LogP contribution >= 0.6 is 11.3 Å². The van der Waals surface area contributed by atoms with Gasteiger partial charge in [-0.1, -0.05) is 25.2 Å². The molecule has 0 bridgehead atoms. The van der Waals surface area contributed by atoms with E-state index in [0.717, 1.165) is 24.8 Å². The Hall–Kier alpha value is -0.720. The highest BCUT2D eigenvalue weighted by Crippen LogP contribution is 2.15. The third-order valence-corrected chi connectivity index (χ3v) is 4.25. The molecular formula is C12H23N5S. The molecule has 2 rings (SSSR count). The summed E-state index contributed by atoms with van der Waals surface area (Å²) < 4.78 is 0. The first kappa shape index (κ1) is 13.7. The summed E-state index contributed by atoms with van der Waals surface area (Å²) in [6, 6.07) is 0.572. The Balaban J connectivity index is 1.87. The van der Waals surface area contributed by atoms with Crippen molar-refractivity contribution in [3.63, 3.8) is 0 Å². The molecule has 0 radical (unpaired) electrons. The highest BCUT2D eigenvalue weighted by molar-refractivity contribution is 7.13. The maximum atomic E-state index is 4.04. The second-order valence-electron chi connectivity index (χ2n) is 5.28. The minimum Gasteiger partial charge on any atom is -0.359 e. The number of rotatable bonds is 5. The monoisotopic (exact) mass is 269 g/mol. The Morgan fingerprint density at radius 2 is 2.06 bits per heavy atom. The molecular weight excluding hydrogens is 246 g/mol. The Bertz CT molecular complexity index is 332. The fourth-order valence-electron chi connectivity index (χ4n) is 2.38. The molecule has 0 aromatic carbocycles. The zero-order valence-corrected chi connectivity index (χ0v) is 12.3. The van der Waals surface area contributed by atoms with Gasteiger partial charge in [0.25, 0.3) is 0 Å². The summed E-state index contributed by atoms with van der Waals surface area (Å²) in [4.78, 5) is 4.99. The third kappa shape index (κ3) is 3.63. The van der Waals surface area contributed by atoms with E-state index in [-0.39, 0.29) is 0 Å². The first-order valence-corrected chi connectivity index (χ1v) is 7.47. The van der Waals surface area contributed by atoms with Gasteiger partial charge in [-0.05, 0) is 13.0 Å². The summed E-state index contributed by atoms with van der Waals surface area (Å²) in [7, 11) is 2.20. The number of hydrogen-bond donors (Lipinski definition) is 1. The van der Waals surface area contributed by atoms with Gasteiger partial charge in [0.05, 0.1) is 0 Å². The van der Waals surface area contributed by atoms with E-state index in [2.05, 4.69) is 46.2 Å². The van der Waals surface area contributed by atoms with Crippen LogP contribution in [0.1, 0.15) is 13.8 Å². The van der Waals surface area contributed by atoms with Crippen molar-refractivity contribution in [2.45, 2.75) is 19.9 Å². The number of nitrogens with one attached hydrogen (secondary N) is 1. The summed E-state index contributed by atoms with van der Waals surface area (Å²) in [6.07, 6.45) is 0. The average molecular weight is 269 g/mol. The summed E-state index contributed by atoms with van der Waals surface area (Å²) >= 11 is 1.56. The van der Waals surface area contributed by atoms with Crippen molar-refractivity contribution in [1.29, 1.82) is 0 Å². The van der Waals surface area contributed by atoms with Crippen LogP contribution in [0.4, 0.5) is 5.13 Å². The molecule has 0 saturated carbocycles. The maximum absolute atomic E-state index is 4.04. The number of hydrogen-bond acceptors (Lipinski definition) is 6. The van der Waals surface area contributed by atoms with Crippen molar-refractivity contribution in [2.24, 2.45) is 5.92 Å². The van der Waals surface area contributed by atoms with E-state index in [0.29, 0.717) is 12.0 Å². The number of nitrogens with zero attached hydrogens (tertiary/aromatic N) is 4. The van der Waals surface area contributed by atoms with E-state index in [1.807, 2.05) is 0 Å². The van der Waals surface area contributed by atoms with E-state index < -0.39 is 0 Å². The van der Waals surface area contributed by atoms with Crippen molar-refractivity contribution in [3.05, 3.63) is 5.51 Å². The molecule has 6 heteroatoms. The highest BCUT2D eigenvalue weighted by Gasteiger charge is 2.24. The predicted octanol–water partition coefficient (Wildman–Crippen LogP) is 1.22. The highest BCUT2D eigenvalue weighted by atomic mass is 32.1. The summed E-state index contributed by atoms with van der Waals surface area (Å²) in [5, 5.41) is 12.2.